The van der Waals surface area contributed by atoms with Crippen LogP contribution in [0, 0.1) is 5.41 Å². The molecule has 1 saturated carbocycles. The van der Waals surface area contributed by atoms with Gasteiger partial charge in [-0.05, 0) is 43.1 Å². The van der Waals surface area contributed by atoms with Crippen molar-refractivity contribution >= 4 is 5.97 Å². The first kappa shape index (κ1) is 16.5. The van der Waals surface area contributed by atoms with Crippen molar-refractivity contribution in [2.45, 2.75) is 51.4 Å². The van der Waals surface area contributed by atoms with E-state index in [-0.39, 0.29) is 11.4 Å². The minimum absolute atomic E-state index is 0.0204. The maximum absolute atomic E-state index is 13.0. The predicted molar refractivity (Wildman–Crippen MR) is 91.9 cm³/mol. The summed E-state index contributed by atoms with van der Waals surface area (Å²) in [6.07, 6.45) is 5.55. The second-order valence-corrected chi connectivity index (χ2v) is 8.65. The highest BCUT2D eigenvalue weighted by Crippen LogP contribution is 2.56. The van der Waals surface area contributed by atoms with Gasteiger partial charge in [-0.2, -0.15) is 0 Å². The van der Waals surface area contributed by atoms with Gasteiger partial charge in [0.05, 0.1) is 25.6 Å². The van der Waals surface area contributed by atoms with Crippen molar-refractivity contribution in [1.29, 1.82) is 0 Å². The lowest BCUT2D eigenvalue weighted by Gasteiger charge is -2.51. The largest absolute Gasteiger partial charge is 0.414 e. The van der Waals surface area contributed by atoms with Crippen molar-refractivity contribution in [2.24, 2.45) is 5.41 Å². The number of hydrogen-bond acceptors (Lipinski definition) is 2. The van der Waals surface area contributed by atoms with Gasteiger partial charge >= 0.3 is 5.97 Å². The number of rotatable bonds is 4. The lowest BCUT2D eigenvalue weighted by atomic mass is 9.52. The summed E-state index contributed by atoms with van der Waals surface area (Å²) in [5, 5.41) is 0. The van der Waals surface area contributed by atoms with Gasteiger partial charge in [0.2, 0.25) is 6.73 Å². The van der Waals surface area contributed by atoms with Gasteiger partial charge in [-0.1, -0.05) is 44.2 Å². The van der Waals surface area contributed by atoms with Gasteiger partial charge in [0, 0.05) is 0 Å². The molecule has 1 aliphatic carbocycles. The third-order valence-electron chi connectivity index (χ3n) is 5.68. The molecule has 23 heavy (non-hydrogen) atoms. The highest BCUT2D eigenvalue weighted by atomic mass is 16.5. The first-order chi connectivity index (χ1) is 10.9. The molecule has 3 rings (SSSR count). The van der Waals surface area contributed by atoms with Gasteiger partial charge in [-0.3, -0.25) is 9.28 Å². The van der Waals surface area contributed by atoms with Crippen LogP contribution in [0.1, 0.15) is 51.5 Å². The molecule has 3 nitrogen and oxygen atoms in total. The molecule has 0 spiro atoms. The molecule has 126 valence electrons. The van der Waals surface area contributed by atoms with E-state index in [1.54, 1.807) is 0 Å². The van der Waals surface area contributed by atoms with E-state index < -0.39 is 5.41 Å². The Labute approximate surface area is 140 Å². The molecule has 0 atom stereocenters. The molecule has 0 amide bonds. The van der Waals surface area contributed by atoms with Crippen LogP contribution < -0.4 is 0 Å². The molecule has 0 N–H and O–H groups in total. The SMILES string of the molecule is CC1(C)CC(C(=O)OC[N+]2(C)CCCCC2)(c2ccccc2)C1. The van der Waals surface area contributed by atoms with Crippen molar-refractivity contribution in [3.63, 3.8) is 0 Å². The van der Waals surface area contributed by atoms with Gasteiger partial charge in [0.15, 0.2) is 0 Å². The summed E-state index contributed by atoms with van der Waals surface area (Å²) >= 11 is 0. The zero-order valence-corrected chi connectivity index (χ0v) is 14.8. The van der Waals surface area contributed by atoms with E-state index in [1.807, 2.05) is 18.2 Å². The highest BCUT2D eigenvalue weighted by molar-refractivity contribution is 5.84. The lowest BCUT2D eigenvalue weighted by Crippen LogP contribution is -2.55. The van der Waals surface area contributed by atoms with Crippen LogP contribution in [0.4, 0.5) is 0 Å². The standard InChI is InChI=1S/C20H30NO2/c1-19(2)14-20(15-19,17-10-6-4-7-11-17)18(22)23-16-21(3)12-8-5-9-13-21/h4,6-7,10-11H,5,8-9,12-16H2,1-3H3/q+1. The minimum atomic E-state index is -0.431. The van der Waals surface area contributed by atoms with Crippen LogP contribution in [-0.4, -0.2) is 37.3 Å². The number of hydrogen-bond donors (Lipinski definition) is 0. The average Bonchev–Trinajstić information content (AvgIpc) is 2.51. The second kappa shape index (κ2) is 5.94. The molecule has 0 radical (unpaired) electrons. The van der Waals surface area contributed by atoms with Crippen LogP contribution in [0.5, 0.6) is 0 Å². The molecule has 0 aromatic heterocycles. The highest BCUT2D eigenvalue weighted by Gasteiger charge is 2.56. The van der Waals surface area contributed by atoms with E-state index in [9.17, 15) is 4.79 Å². The number of carbonyl (C=O) groups excluding carboxylic acids is 1. The first-order valence-corrected chi connectivity index (χ1v) is 8.92. The molecule has 1 aromatic carbocycles. The topological polar surface area (TPSA) is 26.3 Å². The molecule has 0 bridgehead atoms. The average molecular weight is 316 g/mol. The molecule has 1 aromatic rings. The van der Waals surface area contributed by atoms with Crippen molar-refractivity contribution in [2.75, 3.05) is 26.9 Å². The first-order valence-electron chi connectivity index (χ1n) is 8.92. The summed E-state index contributed by atoms with van der Waals surface area (Å²) in [7, 11) is 2.21. The minimum Gasteiger partial charge on any atom is -0.414 e. The fourth-order valence-electron chi connectivity index (χ4n) is 4.56. The van der Waals surface area contributed by atoms with Gasteiger partial charge in [-0.25, -0.2) is 0 Å². The Kier molecular flexibility index (Phi) is 4.26. The van der Waals surface area contributed by atoms with Crippen LogP contribution in [-0.2, 0) is 14.9 Å². The Morgan fingerprint density at radius 2 is 1.70 bits per heavy atom. The number of esters is 1. The summed E-state index contributed by atoms with van der Waals surface area (Å²) in [6, 6.07) is 10.2. The quantitative estimate of drug-likeness (QED) is 0.622. The Balaban J connectivity index is 1.72. The number of quaternary nitrogens is 1. The van der Waals surface area contributed by atoms with Crippen molar-refractivity contribution in [1.82, 2.24) is 0 Å². The predicted octanol–water partition coefficient (Wildman–Crippen LogP) is 3.88. The molecule has 1 aliphatic heterocycles. The fourth-order valence-corrected chi connectivity index (χ4v) is 4.56. The van der Waals surface area contributed by atoms with Gasteiger partial charge < -0.3 is 4.74 Å². The maximum atomic E-state index is 13.0. The molecular weight excluding hydrogens is 286 g/mol. The van der Waals surface area contributed by atoms with E-state index in [0.717, 1.165) is 36.0 Å². The molecule has 2 aliphatic rings. The van der Waals surface area contributed by atoms with Crippen molar-refractivity contribution in [3.8, 4) is 0 Å². The van der Waals surface area contributed by atoms with Gasteiger partial charge in [-0.15, -0.1) is 0 Å². The molecule has 2 fully saturated rings. The monoisotopic (exact) mass is 316 g/mol. The Morgan fingerprint density at radius 1 is 1.09 bits per heavy atom. The summed E-state index contributed by atoms with van der Waals surface area (Å²) in [6.45, 7) is 7.24. The fraction of sp³-hybridized carbons (Fsp3) is 0.650. The van der Waals surface area contributed by atoms with Crippen LogP contribution >= 0.6 is 0 Å². The van der Waals surface area contributed by atoms with E-state index in [0.29, 0.717) is 6.73 Å². The number of ether oxygens (including phenoxy) is 1. The zero-order valence-electron chi connectivity index (χ0n) is 14.8. The van der Waals surface area contributed by atoms with Crippen LogP contribution in [0.15, 0.2) is 30.3 Å². The van der Waals surface area contributed by atoms with E-state index >= 15 is 0 Å². The third-order valence-corrected chi connectivity index (χ3v) is 5.68. The Bertz CT molecular complexity index is 550. The number of carbonyl (C=O) groups is 1. The summed E-state index contributed by atoms with van der Waals surface area (Å²) < 4.78 is 6.75. The maximum Gasteiger partial charge on any atom is 0.320 e. The smallest absolute Gasteiger partial charge is 0.320 e. The van der Waals surface area contributed by atoms with Gasteiger partial charge in [0.1, 0.15) is 0 Å². The molecular formula is C20H30NO2+. The van der Waals surface area contributed by atoms with Crippen molar-refractivity contribution < 1.29 is 14.0 Å². The third kappa shape index (κ3) is 3.30. The van der Waals surface area contributed by atoms with Crippen LogP contribution in [0.3, 0.4) is 0 Å². The van der Waals surface area contributed by atoms with Crippen LogP contribution in [0.25, 0.3) is 0 Å². The number of nitrogens with zero attached hydrogens (tertiary/aromatic N) is 1. The van der Waals surface area contributed by atoms with Crippen molar-refractivity contribution in [3.05, 3.63) is 35.9 Å². The summed E-state index contributed by atoms with van der Waals surface area (Å²) in [4.78, 5) is 13.0. The normalized spacial score (nSPS) is 24.5. The Hall–Kier alpha value is -1.35. The molecule has 3 heteroatoms. The summed E-state index contributed by atoms with van der Waals surface area (Å²) in [5.74, 6) is -0.0204. The second-order valence-electron chi connectivity index (χ2n) is 8.65. The Morgan fingerprint density at radius 3 is 2.26 bits per heavy atom. The molecule has 0 unspecified atom stereocenters. The van der Waals surface area contributed by atoms with Crippen LogP contribution in [0.2, 0.25) is 0 Å². The van der Waals surface area contributed by atoms with E-state index in [1.165, 1.54) is 19.3 Å². The number of piperidine rings is 1. The molecule has 1 heterocycles. The lowest BCUT2D eigenvalue weighted by molar-refractivity contribution is -0.930. The zero-order chi connectivity index (χ0) is 16.6. The summed E-state index contributed by atoms with van der Waals surface area (Å²) in [5.41, 5.74) is 0.906. The number of likely N-dealkylation sites (tertiary alicyclic amines) is 1. The van der Waals surface area contributed by atoms with E-state index in [4.69, 9.17) is 4.74 Å². The van der Waals surface area contributed by atoms with E-state index in [2.05, 4.69) is 33.0 Å². The van der Waals surface area contributed by atoms with Gasteiger partial charge in [0.25, 0.3) is 0 Å². The molecule has 1 saturated heterocycles. The number of benzene rings is 1.